The van der Waals surface area contributed by atoms with Crippen molar-refractivity contribution in [3.05, 3.63) is 71.0 Å². The summed E-state index contributed by atoms with van der Waals surface area (Å²) in [6.45, 7) is 2.87. The van der Waals surface area contributed by atoms with Crippen LogP contribution in [0, 0.1) is 12.7 Å². The van der Waals surface area contributed by atoms with Gasteiger partial charge < -0.3 is 4.90 Å². The van der Waals surface area contributed by atoms with Crippen LogP contribution in [0.25, 0.3) is 0 Å². The average Bonchev–Trinajstić information content (AvgIpc) is 3.00. The van der Waals surface area contributed by atoms with E-state index < -0.39 is 0 Å². The second-order valence-electron chi connectivity index (χ2n) is 5.96. The van der Waals surface area contributed by atoms with Gasteiger partial charge in [0, 0.05) is 6.54 Å². The maximum Gasteiger partial charge on any atom is 0.227 e. The van der Waals surface area contributed by atoms with E-state index in [1.807, 2.05) is 4.90 Å². The van der Waals surface area contributed by atoms with E-state index in [1.54, 1.807) is 12.1 Å². The van der Waals surface area contributed by atoms with Crippen LogP contribution in [0.3, 0.4) is 0 Å². The van der Waals surface area contributed by atoms with Crippen LogP contribution in [-0.4, -0.2) is 17.4 Å². The first-order valence-electron chi connectivity index (χ1n) is 7.74. The molecule has 1 aliphatic heterocycles. The number of likely N-dealkylation sites (tertiary alicyclic amines) is 1. The molecule has 1 saturated heterocycles. The zero-order valence-corrected chi connectivity index (χ0v) is 12.8. The Labute approximate surface area is 130 Å². The molecular formula is C19H20FNO. The minimum Gasteiger partial charge on any atom is -0.335 e. The molecule has 0 radical (unpaired) electrons. The van der Waals surface area contributed by atoms with Crippen LogP contribution >= 0.6 is 0 Å². The first-order chi connectivity index (χ1) is 10.6. The summed E-state index contributed by atoms with van der Waals surface area (Å²) >= 11 is 0. The van der Waals surface area contributed by atoms with Gasteiger partial charge in [0.25, 0.3) is 0 Å². The maximum atomic E-state index is 12.9. The molecule has 0 saturated carbocycles. The van der Waals surface area contributed by atoms with Gasteiger partial charge in [-0.05, 0) is 43.0 Å². The summed E-state index contributed by atoms with van der Waals surface area (Å²) < 4.78 is 12.9. The average molecular weight is 297 g/mol. The van der Waals surface area contributed by atoms with Gasteiger partial charge in [-0.25, -0.2) is 4.39 Å². The van der Waals surface area contributed by atoms with E-state index in [4.69, 9.17) is 0 Å². The van der Waals surface area contributed by atoms with Gasteiger partial charge in [0.1, 0.15) is 5.82 Å². The quantitative estimate of drug-likeness (QED) is 0.837. The summed E-state index contributed by atoms with van der Waals surface area (Å²) in [5.41, 5.74) is 3.29. The number of halogens is 1. The van der Waals surface area contributed by atoms with Crippen molar-refractivity contribution >= 4 is 5.91 Å². The lowest BCUT2D eigenvalue weighted by Crippen LogP contribution is -2.31. The largest absolute Gasteiger partial charge is 0.335 e. The molecule has 1 heterocycles. The van der Waals surface area contributed by atoms with E-state index >= 15 is 0 Å². The highest BCUT2D eigenvalue weighted by Gasteiger charge is 2.29. The lowest BCUT2D eigenvalue weighted by molar-refractivity contribution is -0.131. The van der Waals surface area contributed by atoms with Gasteiger partial charge in [0.05, 0.1) is 12.5 Å². The SMILES string of the molecule is Cc1ccc([C@@H]2CCCN2C(=O)Cc2ccc(F)cc2)cc1. The highest BCUT2D eigenvalue weighted by atomic mass is 19.1. The molecule has 1 aliphatic rings. The number of hydrogen-bond donors (Lipinski definition) is 0. The molecule has 0 aliphatic carbocycles. The minimum absolute atomic E-state index is 0.120. The van der Waals surface area contributed by atoms with Crippen LogP contribution in [-0.2, 0) is 11.2 Å². The van der Waals surface area contributed by atoms with Crippen LogP contribution in [0.2, 0.25) is 0 Å². The predicted octanol–water partition coefficient (Wildman–Crippen LogP) is 4.04. The number of carbonyl (C=O) groups is 1. The monoisotopic (exact) mass is 297 g/mol. The molecule has 1 amide bonds. The topological polar surface area (TPSA) is 20.3 Å². The maximum absolute atomic E-state index is 12.9. The van der Waals surface area contributed by atoms with Gasteiger partial charge in [-0.1, -0.05) is 42.0 Å². The molecule has 0 bridgehead atoms. The number of aryl methyl sites for hydroxylation is 1. The molecule has 0 unspecified atom stereocenters. The molecule has 1 fully saturated rings. The Bertz CT molecular complexity index is 648. The summed E-state index contributed by atoms with van der Waals surface area (Å²) in [4.78, 5) is 14.5. The van der Waals surface area contributed by atoms with E-state index in [-0.39, 0.29) is 17.8 Å². The molecule has 2 aromatic rings. The number of hydrogen-bond acceptors (Lipinski definition) is 1. The Hall–Kier alpha value is -2.16. The van der Waals surface area contributed by atoms with E-state index in [0.29, 0.717) is 6.42 Å². The molecule has 22 heavy (non-hydrogen) atoms. The summed E-state index contributed by atoms with van der Waals surface area (Å²) in [5, 5.41) is 0. The molecule has 3 rings (SSSR count). The van der Waals surface area contributed by atoms with Gasteiger partial charge in [-0.3, -0.25) is 4.79 Å². The van der Waals surface area contributed by atoms with Gasteiger partial charge in [-0.15, -0.1) is 0 Å². The van der Waals surface area contributed by atoms with Crippen molar-refractivity contribution < 1.29 is 9.18 Å². The van der Waals surface area contributed by atoms with Gasteiger partial charge in [0.2, 0.25) is 5.91 Å². The Balaban J connectivity index is 1.73. The second-order valence-corrected chi connectivity index (χ2v) is 5.96. The molecule has 114 valence electrons. The summed E-state index contributed by atoms with van der Waals surface area (Å²) in [6.07, 6.45) is 2.38. The van der Waals surface area contributed by atoms with Crippen molar-refractivity contribution in [1.29, 1.82) is 0 Å². The third-order valence-electron chi connectivity index (χ3n) is 4.30. The highest BCUT2D eigenvalue weighted by molar-refractivity contribution is 5.79. The van der Waals surface area contributed by atoms with E-state index in [1.165, 1.54) is 23.3 Å². The zero-order valence-electron chi connectivity index (χ0n) is 12.8. The second kappa shape index (κ2) is 6.30. The molecule has 2 nitrogen and oxygen atoms in total. The lowest BCUT2D eigenvalue weighted by Gasteiger charge is -2.25. The molecule has 1 atom stereocenters. The van der Waals surface area contributed by atoms with Crippen LogP contribution in [0.1, 0.15) is 35.6 Å². The van der Waals surface area contributed by atoms with Crippen LogP contribution < -0.4 is 0 Å². The van der Waals surface area contributed by atoms with Crippen molar-refractivity contribution in [2.24, 2.45) is 0 Å². The van der Waals surface area contributed by atoms with E-state index in [2.05, 4.69) is 31.2 Å². The Morgan fingerprint density at radius 1 is 1.14 bits per heavy atom. The van der Waals surface area contributed by atoms with E-state index in [9.17, 15) is 9.18 Å². The summed E-state index contributed by atoms with van der Waals surface area (Å²) in [5.74, 6) is -0.149. The van der Waals surface area contributed by atoms with Crippen molar-refractivity contribution in [2.45, 2.75) is 32.2 Å². The fourth-order valence-corrected chi connectivity index (χ4v) is 3.08. The van der Waals surface area contributed by atoms with Crippen molar-refractivity contribution in [2.75, 3.05) is 6.54 Å². The number of rotatable bonds is 3. The third-order valence-corrected chi connectivity index (χ3v) is 4.30. The molecule has 0 aromatic heterocycles. The van der Waals surface area contributed by atoms with Crippen LogP contribution in [0.15, 0.2) is 48.5 Å². The molecule has 0 spiro atoms. The van der Waals surface area contributed by atoms with Gasteiger partial charge in [-0.2, -0.15) is 0 Å². The molecular weight excluding hydrogens is 277 g/mol. The molecule has 3 heteroatoms. The number of benzene rings is 2. The standard InChI is InChI=1S/C19H20FNO/c1-14-4-8-16(9-5-14)18-3-2-12-21(18)19(22)13-15-6-10-17(20)11-7-15/h4-11,18H,2-3,12-13H2,1H3/t18-/m0/s1. The smallest absolute Gasteiger partial charge is 0.227 e. The fraction of sp³-hybridized carbons (Fsp3) is 0.316. The predicted molar refractivity (Wildman–Crippen MR) is 85.0 cm³/mol. The van der Waals surface area contributed by atoms with Crippen molar-refractivity contribution in [3.63, 3.8) is 0 Å². The summed E-state index contributed by atoms with van der Waals surface area (Å²) in [6, 6.07) is 14.8. The Morgan fingerprint density at radius 3 is 2.50 bits per heavy atom. The highest BCUT2D eigenvalue weighted by Crippen LogP contribution is 2.32. The van der Waals surface area contributed by atoms with E-state index in [0.717, 1.165) is 24.9 Å². The number of amides is 1. The molecule has 0 N–H and O–H groups in total. The molecule has 2 aromatic carbocycles. The number of carbonyl (C=O) groups excluding carboxylic acids is 1. The Kier molecular flexibility index (Phi) is 4.23. The van der Waals surface area contributed by atoms with Crippen molar-refractivity contribution in [1.82, 2.24) is 4.90 Å². The Morgan fingerprint density at radius 2 is 1.82 bits per heavy atom. The van der Waals surface area contributed by atoms with Gasteiger partial charge in [0.15, 0.2) is 0 Å². The number of nitrogens with zero attached hydrogens (tertiary/aromatic N) is 1. The van der Waals surface area contributed by atoms with Crippen LogP contribution in [0.5, 0.6) is 0 Å². The first-order valence-corrected chi connectivity index (χ1v) is 7.74. The van der Waals surface area contributed by atoms with Crippen LogP contribution in [0.4, 0.5) is 4.39 Å². The zero-order chi connectivity index (χ0) is 15.5. The van der Waals surface area contributed by atoms with Crippen molar-refractivity contribution in [3.8, 4) is 0 Å². The van der Waals surface area contributed by atoms with Gasteiger partial charge >= 0.3 is 0 Å². The first kappa shape index (κ1) is 14.8. The minimum atomic E-state index is -0.269. The lowest BCUT2D eigenvalue weighted by atomic mass is 10.0. The summed E-state index contributed by atoms with van der Waals surface area (Å²) in [7, 11) is 0. The fourth-order valence-electron chi connectivity index (χ4n) is 3.08. The normalized spacial score (nSPS) is 17.7. The third kappa shape index (κ3) is 3.19.